The van der Waals surface area contributed by atoms with Crippen LogP contribution in [0.5, 0.6) is 0 Å². The van der Waals surface area contributed by atoms with Crippen LogP contribution in [0.4, 0.5) is 8.78 Å². The maximum absolute atomic E-state index is 13.8. The Morgan fingerprint density at radius 2 is 2.12 bits per heavy atom. The third-order valence-corrected chi connectivity index (χ3v) is 3.78. The highest BCUT2D eigenvalue weighted by Gasteiger charge is 2.42. The number of benzene rings is 1. The van der Waals surface area contributed by atoms with Crippen molar-refractivity contribution in [3.05, 3.63) is 33.8 Å². The summed E-state index contributed by atoms with van der Waals surface area (Å²) in [7, 11) is 0. The molecule has 2 rings (SSSR count). The van der Waals surface area contributed by atoms with Gasteiger partial charge >= 0.3 is 0 Å². The first-order chi connectivity index (χ1) is 7.56. The molecule has 3 N–H and O–H groups in total. The topological polar surface area (TPSA) is 38.0 Å². The molecule has 0 aromatic heterocycles. The van der Waals surface area contributed by atoms with E-state index in [1.54, 1.807) is 0 Å². The third-order valence-electron chi connectivity index (χ3n) is 3.17. The fraction of sp³-hybridized carbons (Fsp3) is 0.455. The average molecular weight is 291 g/mol. The summed E-state index contributed by atoms with van der Waals surface area (Å²) in [4.78, 5) is 0. The van der Waals surface area contributed by atoms with Gasteiger partial charge in [-0.05, 0) is 46.3 Å². The minimum absolute atomic E-state index is 0.0335. The lowest BCUT2D eigenvalue weighted by atomic mass is 10.0. The fourth-order valence-electron chi connectivity index (χ4n) is 2.06. The van der Waals surface area contributed by atoms with Crippen molar-refractivity contribution in [2.45, 2.75) is 19.4 Å². The molecule has 0 heterocycles. The molecule has 0 amide bonds. The largest absolute Gasteiger partial charge is 0.271 e. The summed E-state index contributed by atoms with van der Waals surface area (Å²) in [6, 6.07) is 2.16. The minimum Gasteiger partial charge on any atom is -0.271 e. The lowest BCUT2D eigenvalue weighted by Crippen LogP contribution is -2.31. The maximum atomic E-state index is 13.8. The van der Waals surface area contributed by atoms with Crippen molar-refractivity contribution in [2.75, 3.05) is 0 Å². The van der Waals surface area contributed by atoms with Crippen LogP contribution in [-0.2, 0) is 0 Å². The maximum Gasteiger partial charge on any atom is 0.145 e. The van der Waals surface area contributed by atoms with Gasteiger partial charge in [0, 0.05) is 5.56 Å². The molecule has 1 aliphatic rings. The van der Waals surface area contributed by atoms with E-state index in [0.29, 0.717) is 5.92 Å². The Morgan fingerprint density at radius 1 is 1.50 bits per heavy atom. The van der Waals surface area contributed by atoms with Crippen LogP contribution in [0.25, 0.3) is 0 Å². The second-order valence-electron chi connectivity index (χ2n) is 4.28. The molecule has 0 saturated heterocycles. The van der Waals surface area contributed by atoms with Crippen LogP contribution in [0.1, 0.15) is 24.9 Å². The van der Waals surface area contributed by atoms with Crippen LogP contribution in [0, 0.1) is 23.5 Å². The van der Waals surface area contributed by atoms with Gasteiger partial charge in [-0.1, -0.05) is 6.92 Å². The number of hydrogen-bond donors (Lipinski definition) is 2. The summed E-state index contributed by atoms with van der Waals surface area (Å²) in [6.45, 7) is 2.04. The number of halogens is 3. The summed E-state index contributed by atoms with van der Waals surface area (Å²) in [5, 5.41) is 0. The van der Waals surface area contributed by atoms with Crippen molar-refractivity contribution in [1.82, 2.24) is 5.43 Å². The normalized spacial score (nSPS) is 25.6. The van der Waals surface area contributed by atoms with Gasteiger partial charge in [-0.25, -0.2) is 8.78 Å². The zero-order chi connectivity index (χ0) is 11.9. The van der Waals surface area contributed by atoms with Gasteiger partial charge in [0.25, 0.3) is 0 Å². The summed E-state index contributed by atoms with van der Waals surface area (Å²) < 4.78 is 27.7. The van der Waals surface area contributed by atoms with Crippen LogP contribution >= 0.6 is 15.9 Å². The predicted molar refractivity (Wildman–Crippen MR) is 61.4 cm³/mol. The molecule has 1 aromatic rings. The Kier molecular flexibility index (Phi) is 3.28. The Bertz CT molecular complexity index is 411. The van der Waals surface area contributed by atoms with Crippen molar-refractivity contribution in [2.24, 2.45) is 17.7 Å². The second-order valence-corrected chi connectivity index (χ2v) is 5.13. The van der Waals surface area contributed by atoms with Gasteiger partial charge in [-0.3, -0.25) is 11.3 Å². The number of hydrogen-bond acceptors (Lipinski definition) is 2. The molecule has 1 fully saturated rings. The second kappa shape index (κ2) is 4.39. The van der Waals surface area contributed by atoms with E-state index in [2.05, 4.69) is 21.4 Å². The molecule has 2 nitrogen and oxygen atoms in total. The molecule has 1 saturated carbocycles. The fourth-order valence-corrected chi connectivity index (χ4v) is 2.41. The van der Waals surface area contributed by atoms with Crippen LogP contribution < -0.4 is 11.3 Å². The molecular weight excluding hydrogens is 278 g/mol. The molecule has 3 atom stereocenters. The third kappa shape index (κ3) is 1.99. The SMILES string of the molecule is CC1CC1C(NN)c1c(F)ccc(Br)c1F. The van der Waals surface area contributed by atoms with Crippen molar-refractivity contribution in [3.8, 4) is 0 Å². The number of hydrazine groups is 1. The van der Waals surface area contributed by atoms with E-state index in [0.717, 1.165) is 6.42 Å². The van der Waals surface area contributed by atoms with E-state index in [1.165, 1.54) is 12.1 Å². The zero-order valence-electron chi connectivity index (χ0n) is 8.81. The van der Waals surface area contributed by atoms with Crippen molar-refractivity contribution in [1.29, 1.82) is 0 Å². The first-order valence-corrected chi connectivity index (χ1v) is 5.95. The zero-order valence-corrected chi connectivity index (χ0v) is 10.4. The Balaban J connectivity index is 2.41. The quantitative estimate of drug-likeness (QED) is 0.510. The molecule has 1 aliphatic carbocycles. The lowest BCUT2D eigenvalue weighted by Gasteiger charge is -2.18. The van der Waals surface area contributed by atoms with E-state index in [4.69, 9.17) is 5.84 Å². The van der Waals surface area contributed by atoms with Gasteiger partial charge in [0.05, 0.1) is 10.5 Å². The minimum atomic E-state index is -0.568. The van der Waals surface area contributed by atoms with Crippen molar-refractivity contribution in [3.63, 3.8) is 0 Å². The summed E-state index contributed by atoms with van der Waals surface area (Å²) in [5.41, 5.74) is 2.55. The van der Waals surface area contributed by atoms with E-state index >= 15 is 0 Å². The number of rotatable bonds is 3. The smallest absolute Gasteiger partial charge is 0.145 e. The van der Waals surface area contributed by atoms with E-state index in [1.807, 2.05) is 6.92 Å². The van der Waals surface area contributed by atoms with Crippen molar-refractivity contribution < 1.29 is 8.78 Å². The monoisotopic (exact) mass is 290 g/mol. The van der Waals surface area contributed by atoms with E-state index in [9.17, 15) is 8.78 Å². The van der Waals surface area contributed by atoms with E-state index < -0.39 is 17.7 Å². The molecule has 0 bridgehead atoms. The highest BCUT2D eigenvalue weighted by Crippen LogP contribution is 2.48. The van der Waals surface area contributed by atoms with Gasteiger partial charge in [0.15, 0.2) is 0 Å². The number of nitrogens with two attached hydrogens (primary N) is 1. The Hall–Kier alpha value is -0.520. The van der Waals surface area contributed by atoms with Gasteiger partial charge in [-0.15, -0.1) is 0 Å². The van der Waals surface area contributed by atoms with E-state index in [-0.39, 0.29) is 16.0 Å². The summed E-state index contributed by atoms with van der Waals surface area (Å²) in [5.74, 6) is 4.95. The lowest BCUT2D eigenvalue weighted by molar-refractivity contribution is 0.426. The summed E-state index contributed by atoms with van der Waals surface area (Å²) >= 11 is 3.05. The molecule has 16 heavy (non-hydrogen) atoms. The highest BCUT2D eigenvalue weighted by molar-refractivity contribution is 9.10. The van der Waals surface area contributed by atoms with Gasteiger partial charge in [0.1, 0.15) is 11.6 Å². The Labute approximate surface area is 101 Å². The van der Waals surface area contributed by atoms with Gasteiger partial charge in [-0.2, -0.15) is 0 Å². The standard InChI is InChI=1S/C11H13BrF2N2/c1-5-4-6(5)11(16-15)9-8(13)3-2-7(12)10(9)14/h2-3,5-6,11,16H,4,15H2,1H3. The van der Waals surface area contributed by atoms with Crippen molar-refractivity contribution >= 4 is 15.9 Å². The molecule has 1 aromatic carbocycles. The molecule has 0 aliphatic heterocycles. The number of nitrogens with one attached hydrogen (secondary N) is 1. The molecule has 3 unspecified atom stereocenters. The molecule has 88 valence electrons. The van der Waals surface area contributed by atoms with Crippen LogP contribution in [0.3, 0.4) is 0 Å². The first kappa shape index (κ1) is 12.0. The first-order valence-electron chi connectivity index (χ1n) is 5.15. The van der Waals surface area contributed by atoms with Gasteiger partial charge in [0.2, 0.25) is 0 Å². The average Bonchev–Trinajstić information content (AvgIpc) is 2.96. The van der Waals surface area contributed by atoms with Crippen LogP contribution in [0.15, 0.2) is 16.6 Å². The Morgan fingerprint density at radius 3 is 2.62 bits per heavy atom. The molecular formula is C11H13BrF2N2. The van der Waals surface area contributed by atoms with Crippen LogP contribution in [0.2, 0.25) is 0 Å². The molecule has 0 radical (unpaired) electrons. The van der Waals surface area contributed by atoms with Gasteiger partial charge < -0.3 is 0 Å². The van der Waals surface area contributed by atoms with Crippen LogP contribution in [-0.4, -0.2) is 0 Å². The molecule has 5 heteroatoms. The summed E-state index contributed by atoms with van der Waals surface area (Å²) in [6.07, 6.45) is 0.945. The highest BCUT2D eigenvalue weighted by atomic mass is 79.9. The predicted octanol–water partition coefficient (Wildman–Crippen LogP) is 2.89. The molecule has 0 spiro atoms.